The van der Waals surface area contributed by atoms with Gasteiger partial charge in [-0.3, -0.25) is 4.79 Å². The smallest absolute Gasteiger partial charge is 0.224 e. The highest BCUT2D eigenvalue weighted by Gasteiger charge is 2.29. The molecule has 0 aromatic carbocycles. The van der Waals surface area contributed by atoms with Gasteiger partial charge in [0.25, 0.3) is 0 Å². The molecule has 0 bridgehead atoms. The number of anilines is 1. The van der Waals surface area contributed by atoms with Crippen molar-refractivity contribution in [3.63, 3.8) is 0 Å². The summed E-state index contributed by atoms with van der Waals surface area (Å²) in [6.07, 6.45) is 6.21. The second-order valence-electron chi connectivity index (χ2n) is 7.13. The molecule has 1 N–H and O–H groups in total. The molecule has 0 radical (unpaired) electrons. The summed E-state index contributed by atoms with van der Waals surface area (Å²) < 4.78 is 0. The fourth-order valence-corrected chi connectivity index (χ4v) is 4.49. The molecule has 5 nitrogen and oxygen atoms in total. The lowest BCUT2D eigenvalue weighted by molar-refractivity contribution is -0.125. The highest BCUT2D eigenvalue weighted by molar-refractivity contribution is 7.18. The number of thiophene rings is 1. The van der Waals surface area contributed by atoms with E-state index in [0.29, 0.717) is 0 Å². The van der Waals surface area contributed by atoms with Crippen molar-refractivity contribution in [2.45, 2.75) is 39.5 Å². The Morgan fingerprint density at radius 1 is 1.33 bits per heavy atom. The predicted octanol–water partition coefficient (Wildman–Crippen LogP) is 3.05. The van der Waals surface area contributed by atoms with Crippen LogP contribution in [0.15, 0.2) is 6.33 Å². The molecule has 2 aromatic heterocycles. The minimum Gasteiger partial charge on any atom is -0.356 e. The van der Waals surface area contributed by atoms with Crippen LogP contribution < -0.4 is 10.2 Å². The second kappa shape index (κ2) is 6.31. The van der Waals surface area contributed by atoms with Gasteiger partial charge >= 0.3 is 0 Å². The van der Waals surface area contributed by atoms with Crippen LogP contribution in [0.25, 0.3) is 10.2 Å². The van der Waals surface area contributed by atoms with E-state index in [2.05, 4.69) is 34.0 Å². The minimum absolute atomic E-state index is 0.0718. The molecule has 6 heteroatoms. The number of nitrogens with zero attached hydrogens (tertiary/aromatic N) is 3. The van der Waals surface area contributed by atoms with Gasteiger partial charge in [-0.15, -0.1) is 11.3 Å². The van der Waals surface area contributed by atoms with Gasteiger partial charge < -0.3 is 10.2 Å². The molecule has 2 aromatic rings. The third kappa shape index (κ3) is 2.99. The van der Waals surface area contributed by atoms with E-state index in [4.69, 9.17) is 0 Å². The molecule has 1 atom stereocenters. The van der Waals surface area contributed by atoms with Gasteiger partial charge in [0.15, 0.2) is 0 Å². The Balaban J connectivity index is 1.54. The predicted molar refractivity (Wildman–Crippen MR) is 97.6 cm³/mol. The van der Waals surface area contributed by atoms with Crippen molar-refractivity contribution in [2.24, 2.45) is 11.8 Å². The second-order valence-corrected chi connectivity index (χ2v) is 8.34. The first kappa shape index (κ1) is 15.8. The molecule has 1 amide bonds. The van der Waals surface area contributed by atoms with Gasteiger partial charge in [-0.2, -0.15) is 0 Å². The number of aromatic nitrogens is 2. The van der Waals surface area contributed by atoms with Gasteiger partial charge in [0, 0.05) is 24.5 Å². The third-order valence-electron chi connectivity index (χ3n) is 5.30. The average Bonchev–Trinajstić information content (AvgIpc) is 3.38. The fourth-order valence-electron chi connectivity index (χ4n) is 3.50. The summed E-state index contributed by atoms with van der Waals surface area (Å²) in [5, 5.41) is 4.31. The summed E-state index contributed by atoms with van der Waals surface area (Å²) in [6.45, 7) is 6.86. The van der Waals surface area contributed by atoms with E-state index in [9.17, 15) is 4.79 Å². The highest BCUT2D eigenvalue weighted by atomic mass is 32.1. The molecular weight excluding hydrogens is 320 g/mol. The number of fused-ring (bicyclic) bond motifs is 1. The van der Waals surface area contributed by atoms with Crippen molar-refractivity contribution in [1.82, 2.24) is 15.3 Å². The number of amides is 1. The molecule has 0 spiro atoms. The highest BCUT2D eigenvalue weighted by Crippen LogP contribution is 2.35. The Morgan fingerprint density at radius 3 is 2.96 bits per heavy atom. The van der Waals surface area contributed by atoms with Crippen LogP contribution in [-0.4, -0.2) is 35.5 Å². The van der Waals surface area contributed by atoms with Crippen LogP contribution >= 0.6 is 11.3 Å². The first-order chi connectivity index (χ1) is 11.6. The molecule has 1 aliphatic carbocycles. The first-order valence-electron chi connectivity index (χ1n) is 8.87. The van der Waals surface area contributed by atoms with E-state index in [1.165, 1.54) is 28.7 Å². The van der Waals surface area contributed by atoms with E-state index >= 15 is 0 Å². The lowest BCUT2D eigenvalue weighted by Crippen LogP contribution is -2.43. The normalized spacial score (nSPS) is 21.2. The summed E-state index contributed by atoms with van der Waals surface area (Å²) in [5.74, 6) is 2.02. The molecule has 1 saturated carbocycles. The molecular formula is C18H24N4OS. The van der Waals surface area contributed by atoms with Crippen molar-refractivity contribution in [3.05, 3.63) is 16.8 Å². The molecule has 2 aliphatic rings. The zero-order valence-electron chi connectivity index (χ0n) is 14.3. The SMILES string of the molecule is Cc1sc2ncnc(N3CCCC(C(=O)NCC4CC4)C3)c2c1C. The van der Waals surface area contributed by atoms with Crippen molar-refractivity contribution < 1.29 is 4.79 Å². The Kier molecular flexibility index (Phi) is 4.16. The van der Waals surface area contributed by atoms with Gasteiger partial charge in [-0.25, -0.2) is 9.97 Å². The Labute approximate surface area is 146 Å². The fraction of sp³-hybridized carbons (Fsp3) is 0.611. The van der Waals surface area contributed by atoms with Gasteiger partial charge in [-0.1, -0.05) is 0 Å². The van der Waals surface area contributed by atoms with Gasteiger partial charge in [0.2, 0.25) is 5.91 Å². The maximum absolute atomic E-state index is 12.5. The van der Waals surface area contributed by atoms with E-state index in [1.807, 2.05) is 0 Å². The summed E-state index contributed by atoms with van der Waals surface area (Å²) in [4.78, 5) is 26.1. The molecule has 4 rings (SSSR count). The van der Waals surface area contributed by atoms with Crippen LogP contribution in [0.1, 0.15) is 36.1 Å². The van der Waals surface area contributed by atoms with Crippen molar-refractivity contribution in [1.29, 1.82) is 0 Å². The zero-order chi connectivity index (χ0) is 16.7. The standard InChI is InChI=1S/C18H24N4OS/c1-11-12(2)24-18-15(11)16(20-10-21-18)22-7-3-4-14(9-22)17(23)19-8-13-5-6-13/h10,13-14H,3-9H2,1-2H3,(H,19,23). The topological polar surface area (TPSA) is 58.1 Å². The third-order valence-corrected chi connectivity index (χ3v) is 6.41. The summed E-state index contributed by atoms with van der Waals surface area (Å²) in [5.41, 5.74) is 1.27. The lowest BCUT2D eigenvalue weighted by atomic mass is 9.96. The Bertz CT molecular complexity index is 768. The summed E-state index contributed by atoms with van der Waals surface area (Å²) in [6, 6.07) is 0. The molecule has 24 heavy (non-hydrogen) atoms. The molecule has 3 heterocycles. The van der Waals surface area contributed by atoms with Crippen LogP contribution in [0.3, 0.4) is 0 Å². The maximum Gasteiger partial charge on any atom is 0.224 e. The van der Waals surface area contributed by atoms with Crippen LogP contribution in [0.2, 0.25) is 0 Å². The van der Waals surface area contributed by atoms with E-state index in [-0.39, 0.29) is 11.8 Å². The van der Waals surface area contributed by atoms with Gasteiger partial charge in [0.1, 0.15) is 17.0 Å². The van der Waals surface area contributed by atoms with Crippen LogP contribution in [0, 0.1) is 25.7 Å². The van der Waals surface area contributed by atoms with Crippen LogP contribution in [-0.2, 0) is 4.79 Å². The number of hydrogen-bond acceptors (Lipinski definition) is 5. The number of carbonyl (C=O) groups is 1. The molecule has 1 saturated heterocycles. The zero-order valence-corrected chi connectivity index (χ0v) is 15.2. The molecule has 128 valence electrons. The van der Waals surface area contributed by atoms with Crippen molar-refractivity contribution in [2.75, 3.05) is 24.5 Å². The Hall–Kier alpha value is -1.69. The van der Waals surface area contributed by atoms with Crippen molar-refractivity contribution >= 4 is 33.3 Å². The first-order valence-corrected chi connectivity index (χ1v) is 9.68. The maximum atomic E-state index is 12.5. The number of rotatable bonds is 4. The monoisotopic (exact) mass is 344 g/mol. The number of hydrogen-bond donors (Lipinski definition) is 1. The van der Waals surface area contributed by atoms with E-state index in [1.54, 1.807) is 17.7 Å². The van der Waals surface area contributed by atoms with E-state index in [0.717, 1.165) is 49.0 Å². The van der Waals surface area contributed by atoms with Gasteiger partial charge in [0.05, 0.1) is 11.3 Å². The Morgan fingerprint density at radius 2 is 2.17 bits per heavy atom. The number of carbonyl (C=O) groups excluding carboxylic acids is 1. The largest absolute Gasteiger partial charge is 0.356 e. The molecule has 1 unspecified atom stereocenters. The number of piperidine rings is 1. The van der Waals surface area contributed by atoms with Crippen LogP contribution in [0.5, 0.6) is 0 Å². The quantitative estimate of drug-likeness (QED) is 0.926. The average molecular weight is 344 g/mol. The minimum atomic E-state index is 0.0718. The summed E-state index contributed by atoms with van der Waals surface area (Å²) >= 11 is 1.73. The van der Waals surface area contributed by atoms with Crippen molar-refractivity contribution in [3.8, 4) is 0 Å². The van der Waals surface area contributed by atoms with Crippen LogP contribution in [0.4, 0.5) is 5.82 Å². The number of aryl methyl sites for hydroxylation is 2. The number of nitrogens with one attached hydrogen (secondary N) is 1. The van der Waals surface area contributed by atoms with E-state index < -0.39 is 0 Å². The summed E-state index contributed by atoms with van der Waals surface area (Å²) in [7, 11) is 0. The molecule has 2 fully saturated rings. The van der Waals surface area contributed by atoms with Gasteiger partial charge in [-0.05, 0) is 51.0 Å². The molecule has 1 aliphatic heterocycles. The lowest BCUT2D eigenvalue weighted by Gasteiger charge is -2.33.